The Kier molecular flexibility index (Phi) is 3.38. The van der Waals surface area contributed by atoms with Gasteiger partial charge in [-0.25, -0.2) is 8.42 Å². The second-order valence-corrected chi connectivity index (χ2v) is 6.34. The molecule has 0 amide bonds. The largest absolute Gasteiger partial charge is 0.465 e. The lowest BCUT2D eigenvalue weighted by atomic mass is 10.4. The fourth-order valence-electron chi connectivity index (χ4n) is 1.73. The number of anilines is 1. The monoisotopic (exact) mass is 284 g/mol. The average molecular weight is 284 g/mol. The summed E-state index contributed by atoms with van der Waals surface area (Å²) in [5, 5.41) is 3.84. The average Bonchev–Trinajstić information content (AvgIpc) is 2.85. The van der Waals surface area contributed by atoms with Crippen LogP contribution >= 0.6 is 0 Å². The zero-order valence-electron chi connectivity index (χ0n) is 11.0. The molecule has 2 heterocycles. The summed E-state index contributed by atoms with van der Waals surface area (Å²) in [4.78, 5) is 0.000720. The number of aryl methyl sites for hydroxylation is 2. The lowest BCUT2D eigenvalue weighted by Crippen LogP contribution is -2.26. The molecule has 2 aromatic heterocycles. The fraction of sp³-hybridized carbons (Fsp3) is 0.364. The number of sulfonamides is 1. The first-order chi connectivity index (χ1) is 8.80. The van der Waals surface area contributed by atoms with Crippen LogP contribution in [-0.4, -0.2) is 29.6 Å². The molecule has 0 unspecified atom stereocenters. The van der Waals surface area contributed by atoms with Crippen LogP contribution in [-0.2, 0) is 23.6 Å². The number of nitrogen functional groups attached to an aromatic ring is 1. The van der Waals surface area contributed by atoms with E-state index in [2.05, 4.69) is 5.10 Å². The molecule has 0 aliphatic carbocycles. The van der Waals surface area contributed by atoms with Crippen LogP contribution in [0.3, 0.4) is 0 Å². The van der Waals surface area contributed by atoms with Crippen LogP contribution in [0.15, 0.2) is 27.6 Å². The van der Waals surface area contributed by atoms with Crippen molar-refractivity contribution in [3.8, 4) is 0 Å². The van der Waals surface area contributed by atoms with Crippen molar-refractivity contribution in [3.63, 3.8) is 0 Å². The van der Waals surface area contributed by atoms with Crippen LogP contribution in [0.5, 0.6) is 0 Å². The molecule has 104 valence electrons. The highest BCUT2D eigenvalue weighted by atomic mass is 32.2. The molecular weight excluding hydrogens is 268 g/mol. The van der Waals surface area contributed by atoms with Crippen molar-refractivity contribution in [1.82, 2.24) is 14.1 Å². The molecule has 0 spiro atoms. The number of aromatic nitrogens is 2. The maximum Gasteiger partial charge on any atom is 0.248 e. The minimum atomic E-state index is -3.67. The van der Waals surface area contributed by atoms with E-state index in [9.17, 15) is 8.42 Å². The summed E-state index contributed by atoms with van der Waals surface area (Å²) >= 11 is 0. The maximum atomic E-state index is 12.3. The maximum absolute atomic E-state index is 12.3. The molecule has 7 nitrogen and oxygen atoms in total. The van der Waals surface area contributed by atoms with Gasteiger partial charge in [-0.2, -0.15) is 9.40 Å². The Bertz CT molecular complexity index is 687. The van der Waals surface area contributed by atoms with Crippen LogP contribution < -0.4 is 5.73 Å². The van der Waals surface area contributed by atoms with Gasteiger partial charge in [0, 0.05) is 20.3 Å². The minimum absolute atomic E-state index is 0.000720. The summed E-state index contributed by atoms with van der Waals surface area (Å²) in [6.07, 6.45) is 1.38. The third-order valence-corrected chi connectivity index (χ3v) is 4.50. The van der Waals surface area contributed by atoms with Crippen LogP contribution in [0.4, 0.5) is 5.82 Å². The van der Waals surface area contributed by atoms with E-state index in [-0.39, 0.29) is 17.3 Å². The Balaban J connectivity index is 2.27. The van der Waals surface area contributed by atoms with E-state index in [0.717, 1.165) is 5.76 Å². The van der Waals surface area contributed by atoms with Crippen LogP contribution in [0.1, 0.15) is 11.5 Å². The SMILES string of the molecule is Cc1ccc(CN(C)S(=O)(=O)c2cn(C)nc2N)o1. The van der Waals surface area contributed by atoms with Gasteiger partial charge in [0.1, 0.15) is 16.4 Å². The van der Waals surface area contributed by atoms with E-state index in [1.807, 2.05) is 0 Å². The number of rotatable bonds is 4. The van der Waals surface area contributed by atoms with Gasteiger partial charge in [0.2, 0.25) is 10.0 Å². The third-order valence-electron chi connectivity index (χ3n) is 2.68. The first-order valence-corrected chi connectivity index (χ1v) is 7.05. The third kappa shape index (κ3) is 2.64. The van der Waals surface area contributed by atoms with Crippen LogP contribution in [0.2, 0.25) is 0 Å². The highest BCUT2D eigenvalue weighted by Gasteiger charge is 2.26. The standard InChI is InChI=1S/C11H16N4O3S/c1-8-4-5-9(18-8)6-15(3)19(16,17)10-7-14(2)13-11(10)12/h4-5,7H,6H2,1-3H3,(H2,12,13). The van der Waals surface area contributed by atoms with Crippen molar-refractivity contribution in [2.75, 3.05) is 12.8 Å². The van der Waals surface area contributed by atoms with Gasteiger partial charge in [0.15, 0.2) is 5.82 Å². The van der Waals surface area contributed by atoms with E-state index in [1.54, 1.807) is 26.1 Å². The van der Waals surface area contributed by atoms with Crippen LogP contribution in [0, 0.1) is 6.92 Å². The van der Waals surface area contributed by atoms with Gasteiger partial charge >= 0.3 is 0 Å². The van der Waals surface area contributed by atoms with Crippen molar-refractivity contribution in [1.29, 1.82) is 0 Å². The first-order valence-electron chi connectivity index (χ1n) is 5.61. The summed E-state index contributed by atoms with van der Waals surface area (Å²) in [6, 6.07) is 3.53. The molecular formula is C11H16N4O3S. The van der Waals surface area contributed by atoms with Gasteiger partial charge in [0.25, 0.3) is 0 Å². The zero-order chi connectivity index (χ0) is 14.2. The summed E-state index contributed by atoms with van der Waals surface area (Å²) < 4.78 is 32.6. The lowest BCUT2D eigenvalue weighted by Gasteiger charge is -2.14. The van der Waals surface area contributed by atoms with Gasteiger partial charge < -0.3 is 10.2 Å². The van der Waals surface area contributed by atoms with E-state index < -0.39 is 10.0 Å². The van der Waals surface area contributed by atoms with Crippen molar-refractivity contribution < 1.29 is 12.8 Å². The first kappa shape index (κ1) is 13.6. The van der Waals surface area contributed by atoms with Crippen molar-refractivity contribution in [2.45, 2.75) is 18.4 Å². The molecule has 0 saturated carbocycles. The summed E-state index contributed by atoms with van der Waals surface area (Å²) in [5.74, 6) is 1.30. The van der Waals surface area contributed by atoms with Gasteiger partial charge in [-0.1, -0.05) is 0 Å². The van der Waals surface area contributed by atoms with E-state index in [0.29, 0.717) is 5.76 Å². The Morgan fingerprint density at radius 3 is 2.63 bits per heavy atom. The Labute approximate surface area is 111 Å². The number of hydrogen-bond donors (Lipinski definition) is 1. The summed E-state index contributed by atoms with van der Waals surface area (Å²) in [7, 11) is -0.585. The topological polar surface area (TPSA) is 94.4 Å². The molecule has 2 aromatic rings. The molecule has 0 aliphatic rings. The Morgan fingerprint density at radius 2 is 2.16 bits per heavy atom. The molecule has 0 radical (unpaired) electrons. The van der Waals surface area contributed by atoms with E-state index in [1.165, 1.54) is 22.2 Å². The number of nitrogens with zero attached hydrogens (tertiary/aromatic N) is 3. The predicted molar refractivity (Wildman–Crippen MR) is 69.7 cm³/mol. The van der Waals surface area contributed by atoms with Gasteiger partial charge in [-0.3, -0.25) is 4.68 Å². The molecule has 0 aromatic carbocycles. The summed E-state index contributed by atoms with van der Waals surface area (Å²) in [5.41, 5.74) is 5.60. The highest BCUT2D eigenvalue weighted by molar-refractivity contribution is 7.89. The minimum Gasteiger partial charge on any atom is -0.465 e. The highest BCUT2D eigenvalue weighted by Crippen LogP contribution is 2.21. The fourth-order valence-corrected chi connectivity index (χ4v) is 2.95. The van der Waals surface area contributed by atoms with Crippen LogP contribution in [0.25, 0.3) is 0 Å². The quantitative estimate of drug-likeness (QED) is 0.893. The molecule has 19 heavy (non-hydrogen) atoms. The summed E-state index contributed by atoms with van der Waals surface area (Å²) in [6.45, 7) is 1.95. The van der Waals surface area contributed by atoms with E-state index >= 15 is 0 Å². The van der Waals surface area contributed by atoms with E-state index in [4.69, 9.17) is 10.2 Å². The second-order valence-electron chi connectivity index (χ2n) is 4.33. The van der Waals surface area contributed by atoms with Gasteiger partial charge in [-0.15, -0.1) is 0 Å². The molecule has 0 bridgehead atoms. The predicted octanol–water partition coefficient (Wildman–Crippen LogP) is 0.724. The number of hydrogen-bond acceptors (Lipinski definition) is 5. The molecule has 2 rings (SSSR count). The molecule has 0 atom stereocenters. The Hall–Kier alpha value is -1.80. The van der Waals surface area contributed by atoms with Crippen molar-refractivity contribution in [2.24, 2.45) is 7.05 Å². The molecule has 2 N–H and O–H groups in total. The number of furan rings is 1. The van der Waals surface area contributed by atoms with Crippen molar-refractivity contribution in [3.05, 3.63) is 29.9 Å². The van der Waals surface area contributed by atoms with Gasteiger partial charge in [0.05, 0.1) is 6.54 Å². The zero-order valence-corrected chi connectivity index (χ0v) is 11.8. The number of nitrogens with two attached hydrogens (primary N) is 1. The Morgan fingerprint density at radius 1 is 1.47 bits per heavy atom. The molecule has 0 saturated heterocycles. The molecule has 0 aliphatic heterocycles. The molecule has 8 heteroatoms. The molecule has 0 fully saturated rings. The van der Waals surface area contributed by atoms with Crippen molar-refractivity contribution >= 4 is 15.8 Å². The lowest BCUT2D eigenvalue weighted by molar-refractivity contribution is 0.397. The smallest absolute Gasteiger partial charge is 0.248 e. The normalized spacial score (nSPS) is 12.2. The second kappa shape index (κ2) is 4.71. The van der Waals surface area contributed by atoms with Gasteiger partial charge in [-0.05, 0) is 19.1 Å².